The van der Waals surface area contributed by atoms with Gasteiger partial charge in [-0.3, -0.25) is 9.48 Å². The molecule has 2 atom stereocenters. The summed E-state index contributed by atoms with van der Waals surface area (Å²) < 4.78 is 7.60. The van der Waals surface area contributed by atoms with Crippen molar-refractivity contribution in [3.63, 3.8) is 0 Å². The zero-order chi connectivity index (χ0) is 13.0. The van der Waals surface area contributed by atoms with Crippen LogP contribution in [0.4, 0.5) is 0 Å². The minimum atomic E-state index is -0.174. The first-order valence-corrected chi connectivity index (χ1v) is 6.93. The molecule has 0 aromatic carbocycles. The molecule has 100 valence electrons. The molecule has 0 aliphatic carbocycles. The molecule has 0 spiro atoms. The highest BCUT2D eigenvalue weighted by molar-refractivity contribution is 7.80. The quantitative estimate of drug-likeness (QED) is 0.785. The van der Waals surface area contributed by atoms with E-state index in [1.165, 1.54) is 0 Å². The summed E-state index contributed by atoms with van der Waals surface area (Å²) in [4.78, 5) is 12.1. The van der Waals surface area contributed by atoms with Crippen LogP contribution >= 0.6 is 12.6 Å². The number of carbonyl (C=O) groups excluding carboxylic acids is 1. The third-order valence-electron chi connectivity index (χ3n) is 3.18. The lowest BCUT2D eigenvalue weighted by molar-refractivity contribution is -0.126. The first-order chi connectivity index (χ1) is 8.77. The van der Waals surface area contributed by atoms with Gasteiger partial charge >= 0.3 is 0 Å². The number of carbonyl (C=O) groups is 1. The van der Waals surface area contributed by atoms with Crippen LogP contribution in [0.1, 0.15) is 25.1 Å². The van der Waals surface area contributed by atoms with Crippen molar-refractivity contribution in [1.82, 2.24) is 15.1 Å². The number of thiol groups is 1. The molecule has 0 saturated carbocycles. The Hall–Kier alpha value is -1.01. The molecule has 5 nitrogen and oxygen atoms in total. The van der Waals surface area contributed by atoms with Crippen LogP contribution in [-0.2, 0) is 16.1 Å². The Balaban J connectivity index is 2.10. The number of nitrogens with one attached hydrogen (secondary N) is 1. The van der Waals surface area contributed by atoms with Crippen molar-refractivity contribution in [2.24, 2.45) is 5.92 Å². The van der Waals surface area contributed by atoms with Crippen molar-refractivity contribution in [3.8, 4) is 0 Å². The fourth-order valence-electron chi connectivity index (χ4n) is 2.31. The Morgan fingerprint density at radius 1 is 1.72 bits per heavy atom. The lowest BCUT2D eigenvalue weighted by atomic mass is 9.98. The predicted octanol–water partition coefficient (Wildman–Crippen LogP) is 1.03. The van der Waals surface area contributed by atoms with E-state index in [1.807, 2.05) is 17.7 Å². The zero-order valence-corrected chi connectivity index (χ0v) is 11.4. The van der Waals surface area contributed by atoms with E-state index in [4.69, 9.17) is 4.74 Å². The molecule has 1 saturated heterocycles. The molecule has 1 fully saturated rings. The van der Waals surface area contributed by atoms with Gasteiger partial charge in [-0.15, -0.1) is 0 Å². The second-order valence-electron chi connectivity index (χ2n) is 4.27. The van der Waals surface area contributed by atoms with Gasteiger partial charge in [0.05, 0.1) is 11.6 Å². The molecule has 1 aliphatic heterocycles. The molecule has 2 heterocycles. The van der Waals surface area contributed by atoms with Crippen molar-refractivity contribution in [2.75, 3.05) is 18.9 Å². The van der Waals surface area contributed by atoms with Crippen LogP contribution in [0.25, 0.3) is 0 Å². The highest BCUT2D eigenvalue weighted by Crippen LogP contribution is 2.34. The van der Waals surface area contributed by atoms with Crippen molar-refractivity contribution in [3.05, 3.63) is 18.0 Å². The van der Waals surface area contributed by atoms with Crippen LogP contribution in [-0.4, -0.2) is 34.6 Å². The number of hydrogen-bond donors (Lipinski definition) is 2. The molecule has 2 rings (SSSR count). The number of ether oxygens (including phenoxy) is 1. The molecule has 0 unspecified atom stereocenters. The summed E-state index contributed by atoms with van der Waals surface area (Å²) in [6, 6.07) is 1.93. The second-order valence-corrected chi connectivity index (χ2v) is 4.72. The average Bonchev–Trinajstić information content (AvgIpc) is 3.02. The maximum Gasteiger partial charge on any atom is 0.226 e. The van der Waals surface area contributed by atoms with Gasteiger partial charge < -0.3 is 10.1 Å². The number of nitrogens with zero attached hydrogens (tertiary/aromatic N) is 2. The maximum absolute atomic E-state index is 12.1. The minimum Gasteiger partial charge on any atom is -0.371 e. The van der Waals surface area contributed by atoms with Crippen molar-refractivity contribution >= 4 is 18.5 Å². The van der Waals surface area contributed by atoms with Crippen LogP contribution in [0.2, 0.25) is 0 Å². The first kappa shape index (κ1) is 13.4. The van der Waals surface area contributed by atoms with Gasteiger partial charge in [-0.1, -0.05) is 0 Å². The lowest BCUT2D eigenvalue weighted by Gasteiger charge is -2.18. The van der Waals surface area contributed by atoms with E-state index in [0.717, 1.165) is 18.7 Å². The highest BCUT2D eigenvalue weighted by atomic mass is 32.1. The summed E-state index contributed by atoms with van der Waals surface area (Å²) in [5.74, 6) is 0.582. The van der Waals surface area contributed by atoms with Crippen LogP contribution < -0.4 is 5.32 Å². The van der Waals surface area contributed by atoms with Crippen molar-refractivity contribution in [1.29, 1.82) is 0 Å². The standard InChI is InChI=1S/C12H19N3O2S/c1-2-15-10(3-5-14-15)11-9(4-7-17-11)12(16)13-6-8-18/h3,5,9,11,18H,2,4,6-8H2,1H3,(H,13,16)/t9-,11-/m1/s1. The molecule has 18 heavy (non-hydrogen) atoms. The fraction of sp³-hybridized carbons (Fsp3) is 0.667. The fourth-order valence-corrected chi connectivity index (χ4v) is 2.42. The second kappa shape index (κ2) is 6.24. The maximum atomic E-state index is 12.1. The lowest BCUT2D eigenvalue weighted by Crippen LogP contribution is -2.34. The number of amides is 1. The summed E-state index contributed by atoms with van der Waals surface area (Å²) >= 11 is 4.09. The van der Waals surface area contributed by atoms with Gasteiger partial charge in [0.25, 0.3) is 0 Å². The molecule has 6 heteroatoms. The van der Waals surface area contributed by atoms with E-state index in [2.05, 4.69) is 23.0 Å². The van der Waals surface area contributed by atoms with Gasteiger partial charge in [0, 0.05) is 31.6 Å². The highest BCUT2D eigenvalue weighted by Gasteiger charge is 2.36. The smallest absolute Gasteiger partial charge is 0.226 e. The van der Waals surface area contributed by atoms with Gasteiger partial charge in [-0.2, -0.15) is 17.7 Å². The molecule has 0 radical (unpaired) electrons. The van der Waals surface area contributed by atoms with Crippen LogP contribution in [0.15, 0.2) is 12.3 Å². The van der Waals surface area contributed by atoms with Crippen LogP contribution in [0.5, 0.6) is 0 Å². The topological polar surface area (TPSA) is 56.2 Å². The number of rotatable bonds is 5. The number of hydrogen-bond acceptors (Lipinski definition) is 4. The SMILES string of the molecule is CCn1nccc1[C@@H]1OCC[C@H]1C(=O)NCCS. The van der Waals surface area contributed by atoms with Gasteiger partial charge in [0.15, 0.2) is 0 Å². The van der Waals surface area contributed by atoms with E-state index in [0.29, 0.717) is 18.9 Å². The monoisotopic (exact) mass is 269 g/mol. The normalized spacial score (nSPS) is 23.2. The van der Waals surface area contributed by atoms with Crippen molar-refractivity contribution in [2.45, 2.75) is 26.0 Å². The molecule has 1 aromatic rings. The number of aryl methyl sites for hydroxylation is 1. The van der Waals surface area contributed by atoms with Crippen LogP contribution in [0, 0.1) is 5.92 Å². The molecular weight excluding hydrogens is 250 g/mol. The van der Waals surface area contributed by atoms with E-state index < -0.39 is 0 Å². The van der Waals surface area contributed by atoms with E-state index >= 15 is 0 Å². The first-order valence-electron chi connectivity index (χ1n) is 6.29. The third kappa shape index (κ3) is 2.70. The van der Waals surface area contributed by atoms with Gasteiger partial charge in [-0.05, 0) is 19.4 Å². The summed E-state index contributed by atoms with van der Waals surface area (Å²) in [6.07, 6.45) is 2.34. The van der Waals surface area contributed by atoms with E-state index in [9.17, 15) is 4.79 Å². The molecule has 1 amide bonds. The Bertz CT molecular complexity index is 408. The van der Waals surface area contributed by atoms with E-state index in [1.54, 1.807) is 6.20 Å². The van der Waals surface area contributed by atoms with Crippen LogP contribution in [0.3, 0.4) is 0 Å². The van der Waals surface area contributed by atoms with Gasteiger partial charge in [0.2, 0.25) is 5.91 Å². The number of aromatic nitrogens is 2. The summed E-state index contributed by atoms with van der Waals surface area (Å²) in [7, 11) is 0. The Labute approximate surface area is 112 Å². The van der Waals surface area contributed by atoms with Gasteiger partial charge in [-0.25, -0.2) is 0 Å². The van der Waals surface area contributed by atoms with E-state index in [-0.39, 0.29) is 17.9 Å². The Kier molecular flexibility index (Phi) is 4.66. The largest absolute Gasteiger partial charge is 0.371 e. The summed E-state index contributed by atoms with van der Waals surface area (Å²) in [5, 5.41) is 7.11. The van der Waals surface area contributed by atoms with Gasteiger partial charge in [0.1, 0.15) is 6.10 Å². The predicted molar refractivity (Wildman–Crippen MR) is 71.6 cm³/mol. The Morgan fingerprint density at radius 2 is 2.56 bits per heavy atom. The summed E-state index contributed by atoms with van der Waals surface area (Å²) in [5.41, 5.74) is 0.987. The minimum absolute atomic E-state index is 0.0513. The molecular formula is C12H19N3O2S. The molecule has 1 aliphatic rings. The average molecular weight is 269 g/mol. The summed E-state index contributed by atoms with van der Waals surface area (Å²) in [6.45, 7) is 4.03. The van der Waals surface area contributed by atoms with Crippen molar-refractivity contribution < 1.29 is 9.53 Å². The third-order valence-corrected chi connectivity index (χ3v) is 3.40. The Morgan fingerprint density at radius 3 is 3.28 bits per heavy atom. The molecule has 1 N–H and O–H groups in total. The molecule has 0 bridgehead atoms. The zero-order valence-electron chi connectivity index (χ0n) is 10.5. The molecule has 1 aromatic heterocycles.